The number of benzene rings is 1. The Morgan fingerprint density at radius 1 is 1.43 bits per heavy atom. The summed E-state index contributed by atoms with van der Waals surface area (Å²) < 4.78 is 27.1. The molecule has 1 saturated heterocycles. The molecule has 2 unspecified atom stereocenters. The molecule has 0 amide bonds. The van der Waals surface area contributed by atoms with Crippen molar-refractivity contribution in [1.82, 2.24) is 4.31 Å². The Morgan fingerprint density at radius 3 is 2.67 bits per heavy atom. The first kappa shape index (κ1) is 16.5. The molecule has 1 heterocycles. The van der Waals surface area contributed by atoms with Crippen LogP contribution in [0.4, 0.5) is 0 Å². The molecule has 1 aromatic rings. The minimum absolute atomic E-state index is 0.117. The van der Waals surface area contributed by atoms with E-state index in [1.807, 2.05) is 6.92 Å². The standard InChI is InChI=1S/C14H18BrNO4S/c1-2-10-7-8-16(12(9-10)14(17)18)21(19,20)13-6-4-3-5-11(13)15/h3-6,10,12H,2,7-9H2,1H3,(H,17,18). The maximum atomic E-state index is 12.8. The fourth-order valence-electron chi connectivity index (χ4n) is 2.68. The molecular formula is C14H18BrNO4S. The van der Waals surface area contributed by atoms with Crippen LogP contribution in [0.15, 0.2) is 33.6 Å². The van der Waals surface area contributed by atoms with Crippen LogP contribution in [0.2, 0.25) is 0 Å². The van der Waals surface area contributed by atoms with E-state index < -0.39 is 22.0 Å². The van der Waals surface area contributed by atoms with Gasteiger partial charge in [0, 0.05) is 11.0 Å². The minimum atomic E-state index is -3.81. The average Bonchev–Trinajstić information content (AvgIpc) is 2.46. The van der Waals surface area contributed by atoms with Crippen molar-refractivity contribution < 1.29 is 18.3 Å². The van der Waals surface area contributed by atoms with E-state index >= 15 is 0 Å². The molecule has 2 rings (SSSR count). The van der Waals surface area contributed by atoms with Gasteiger partial charge >= 0.3 is 5.97 Å². The van der Waals surface area contributed by atoms with Crippen molar-refractivity contribution in [1.29, 1.82) is 0 Å². The smallest absolute Gasteiger partial charge is 0.322 e. The van der Waals surface area contributed by atoms with Gasteiger partial charge < -0.3 is 5.11 Å². The SMILES string of the molecule is CCC1CCN(S(=O)(=O)c2ccccc2Br)C(C(=O)O)C1. The summed E-state index contributed by atoms with van der Waals surface area (Å²) >= 11 is 3.23. The summed E-state index contributed by atoms with van der Waals surface area (Å²) in [5.74, 6) is -0.819. The van der Waals surface area contributed by atoms with Crippen LogP contribution in [-0.2, 0) is 14.8 Å². The highest BCUT2D eigenvalue weighted by atomic mass is 79.9. The highest BCUT2D eigenvalue weighted by molar-refractivity contribution is 9.10. The van der Waals surface area contributed by atoms with Crippen LogP contribution in [0.25, 0.3) is 0 Å². The van der Waals surface area contributed by atoms with Crippen molar-refractivity contribution in [2.75, 3.05) is 6.54 Å². The molecule has 116 valence electrons. The molecule has 0 saturated carbocycles. The maximum Gasteiger partial charge on any atom is 0.322 e. The lowest BCUT2D eigenvalue weighted by Gasteiger charge is -2.36. The van der Waals surface area contributed by atoms with E-state index in [1.54, 1.807) is 18.2 Å². The summed E-state index contributed by atoms with van der Waals surface area (Å²) in [5.41, 5.74) is 0. The van der Waals surface area contributed by atoms with Gasteiger partial charge in [0.1, 0.15) is 6.04 Å². The normalized spacial score (nSPS) is 23.9. The lowest BCUT2D eigenvalue weighted by Crippen LogP contribution is -2.50. The first-order chi connectivity index (χ1) is 9.87. The molecule has 21 heavy (non-hydrogen) atoms. The number of carboxylic acid groups (broad SMARTS) is 1. The first-order valence-electron chi connectivity index (χ1n) is 6.87. The Morgan fingerprint density at radius 2 is 2.10 bits per heavy atom. The second-order valence-electron chi connectivity index (χ2n) is 5.20. The molecule has 7 heteroatoms. The molecule has 1 aliphatic rings. The van der Waals surface area contributed by atoms with E-state index in [9.17, 15) is 18.3 Å². The highest BCUT2D eigenvalue weighted by Gasteiger charge is 2.40. The number of hydrogen-bond donors (Lipinski definition) is 1. The summed E-state index contributed by atoms with van der Waals surface area (Å²) in [6, 6.07) is 5.50. The van der Waals surface area contributed by atoms with E-state index in [1.165, 1.54) is 6.07 Å². The Labute approximate surface area is 133 Å². The number of hydrogen-bond acceptors (Lipinski definition) is 3. The number of sulfonamides is 1. The predicted octanol–water partition coefficient (Wildman–Crippen LogP) is 2.71. The van der Waals surface area contributed by atoms with E-state index in [0.717, 1.165) is 10.7 Å². The van der Waals surface area contributed by atoms with Gasteiger partial charge in [-0.15, -0.1) is 0 Å². The minimum Gasteiger partial charge on any atom is -0.480 e. The van der Waals surface area contributed by atoms with Gasteiger partial charge in [0.15, 0.2) is 0 Å². The van der Waals surface area contributed by atoms with Crippen LogP contribution < -0.4 is 0 Å². The zero-order valence-corrected chi connectivity index (χ0v) is 14.1. The molecule has 0 aromatic heterocycles. The molecule has 1 fully saturated rings. The van der Waals surface area contributed by atoms with Crippen molar-refractivity contribution in [3.05, 3.63) is 28.7 Å². The molecule has 1 aliphatic heterocycles. The molecule has 0 bridgehead atoms. The molecule has 0 aliphatic carbocycles. The van der Waals surface area contributed by atoms with E-state index in [0.29, 0.717) is 17.3 Å². The first-order valence-corrected chi connectivity index (χ1v) is 9.10. The van der Waals surface area contributed by atoms with E-state index in [4.69, 9.17) is 0 Å². The molecular weight excluding hydrogens is 358 g/mol. The van der Waals surface area contributed by atoms with Gasteiger partial charge in [0.25, 0.3) is 0 Å². The predicted molar refractivity (Wildman–Crippen MR) is 82.5 cm³/mol. The van der Waals surface area contributed by atoms with Gasteiger partial charge in [0.2, 0.25) is 10.0 Å². The van der Waals surface area contributed by atoms with Crippen LogP contribution in [0.1, 0.15) is 26.2 Å². The Hall–Kier alpha value is -0.920. The molecule has 5 nitrogen and oxygen atoms in total. The van der Waals surface area contributed by atoms with Gasteiger partial charge in [-0.25, -0.2) is 8.42 Å². The second-order valence-corrected chi connectivity index (χ2v) is 7.91. The fourth-order valence-corrected chi connectivity index (χ4v) is 5.25. The Balaban J connectivity index is 2.39. The van der Waals surface area contributed by atoms with Crippen LogP contribution >= 0.6 is 15.9 Å². The monoisotopic (exact) mass is 375 g/mol. The molecule has 0 spiro atoms. The number of piperidine rings is 1. The number of nitrogens with zero attached hydrogens (tertiary/aromatic N) is 1. The van der Waals surface area contributed by atoms with E-state index in [2.05, 4.69) is 15.9 Å². The van der Waals surface area contributed by atoms with Crippen LogP contribution in [0.5, 0.6) is 0 Å². The summed E-state index contributed by atoms with van der Waals surface area (Å²) in [7, 11) is -3.81. The Kier molecular flexibility index (Phi) is 5.06. The largest absolute Gasteiger partial charge is 0.480 e. The van der Waals surface area contributed by atoms with Crippen molar-refractivity contribution in [2.24, 2.45) is 5.92 Å². The summed E-state index contributed by atoms with van der Waals surface area (Å²) in [5, 5.41) is 9.38. The van der Waals surface area contributed by atoms with Crippen molar-refractivity contribution in [3.63, 3.8) is 0 Å². The van der Waals surface area contributed by atoms with Crippen LogP contribution in [-0.4, -0.2) is 36.4 Å². The molecule has 0 radical (unpaired) electrons. The van der Waals surface area contributed by atoms with E-state index in [-0.39, 0.29) is 17.4 Å². The van der Waals surface area contributed by atoms with Gasteiger partial charge in [-0.2, -0.15) is 4.31 Å². The number of aliphatic carboxylic acids is 1. The van der Waals surface area contributed by atoms with Gasteiger partial charge in [-0.3, -0.25) is 4.79 Å². The Bertz CT molecular complexity index is 632. The van der Waals surface area contributed by atoms with Crippen molar-refractivity contribution in [2.45, 2.75) is 37.1 Å². The number of halogens is 1. The summed E-state index contributed by atoms with van der Waals surface area (Å²) in [4.78, 5) is 11.6. The third-order valence-electron chi connectivity index (χ3n) is 3.95. The van der Waals surface area contributed by atoms with Gasteiger partial charge in [-0.05, 0) is 46.8 Å². The van der Waals surface area contributed by atoms with Crippen molar-refractivity contribution >= 4 is 31.9 Å². The lowest BCUT2D eigenvalue weighted by atomic mass is 9.90. The maximum absolute atomic E-state index is 12.8. The van der Waals surface area contributed by atoms with Crippen molar-refractivity contribution in [3.8, 4) is 0 Å². The summed E-state index contributed by atoms with van der Waals surface area (Å²) in [6.45, 7) is 2.25. The molecule has 1 N–H and O–H groups in total. The summed E-state index contributed by atoms with van der Waals surface area (Å²) in [6.07, 6.45) is 1.94. The number of rotatable bonds is 4. The highest BCUT2D eigenvalue weighted by Crippen LogP contribution is 2.32. The lowest BCUT2D eigenvalue weighted by molar-refractivity contribution is -0.143. The quantitative estimate of drug-likeness (QED) is 0.877. The average molecular weight is 376 g/mol. The zero-order chi connectivity index (χ0) is 15.6. The molecule has 1 aromatic carbocycles. The topological polar surface area (TPSA) is 74.7 Å². The van der Waals surface area contributed by atoms with Crippen LogP contribution in [0, 0.1) is 5.92 Å². The third-order valence-corrected chi connectivity index (χ3v) is 6.87. The van der Waals surface area contributed by atoms with Gasteiger partial charge in [-0.1, -0.05) is 25.5 Å². The molecule has 2 atom stereocenters. The fraction of sp³-hybridized carbons (Fsp3) is 0.500. The van der Waals surface area contributed by atoms with Crippen LogP contribution in [0.3, 0.4) is 0 Å². The number of carboxylic acids is 1. The van der Waals surface area contributed by atoms with Gasteiger partial charge in [0.05, 0.1) is 4.90 Å². The second kappa shape index (κ2) is 6.46. The third kappa shape index (κ3) is 3.30. The number of carbonyl (C=O) groups is 1. The zero-order valence-electron chi connectivity index (χ0n) is 11.7.